The molecular formula is C12H23N3O2. The summed E-state index contributed by atoms with van der Waals surface area (Å²) in [7, 11) is 0. The van der Waals surface area contributed by atoms with Crippen LogP contribution in [0.5, 0.6) is 0 Å². The minimum atomic E-state index is -0.158. The van der Waals surface area contributed by atoms with Gasteiger partial charge < -0.3 is 5.11 Å². The first kappa shape index (κ1) is 12.8. The fourth-order valence-corrected chi connectivity index (χ4v) is 3.46. The summed E-state index contributed by atoms with van der Waals surface area (Å²) in [5.74, 6) is 4.97. The number of nitrogens with two attached hydrogens (primary N) is 1. The van der Waals surface area contributed by atoms with Gasteiger partial charge in [-0.25, -0.2) is 5.84 Å². The molecule has 4 unspecified atom stereocenters. The molecule has 2 rings (SSSR count). The van der Waals surface area contributed by atoms with Gasteiger partial charge in [-0.1, -0.05) is 6.92 Å². The average molecular weight is 241 g/mol. The second-order valence-electron chi connectivity index (χ2n) is 5.50. The Balaban J connectivity index is 2.05. The van der Waals surface area contributed by atoms with E-state index in [4.69, 9.17) is 5.84 Å². The van der Waals surface area contributed by atoms with E-state index in [1.807, 2.05) is 6.92 Å². The molecule has 5 heteroatoms. The number of hydrazine groups is 1. The third-order valence-corrected chi connectivity index (χ3v) is 4.51. The van der Waals surface area contributed by atoms with Gasteiger partial charge in [0, 0.05) is 18.1 Å². The molecule has 2 aliphatic heterocycles. The second-order valence-corrected chi connectivity index (χ2v) is 5.50. The molecule has 4 atom stereocenters. The van der Waals surface area contributed by atoms with Crippen molar-refractivity contribution in [2.75, 3.05) is 0 Å². The molecule has 0 aromatic rings. The number of nitrogens with zero attached hydrogens (tertiary/aromatic N) is 1. The predicted octanol–water partition coefficient (Wildman–Crippen LogP) is -0.0114. The van der Waals surface area contributed by atoms with Crippen molar-refractivity contribution in [2.24, 2.45) is 11.8 Å². The molecule has 2 fully saturated rings. The highest BCUT2D eigenvalue weighted by Crippen LogP contribution is 2.38. The molecule has 5 nitrogen and oxygen atoms in total. The lowest BCUT2D eigenvalue weighted by atomic mass is 9.93. The van der Waals surface area contributed by atoms with E-state index in [1.165, 1.54) is 0 Å². The molecule has 2 aliphatic rings. The van der Waals surface area contributed by atoms with Crippen LogP contribution in [0.3, 0.4) is 0 Å². The Morgan fingerprint density at radius 1 is 1.35 bits per heavy atom. The molecule has 1 amide bonds. The molecule has 2 heterocycles. The first-order valence-corrected chi connectivity index (χ1v) is 6.50. The second kappa shape index (κ2) is 4.92. The van der Waals surface area contributed by atoms with E-state index in [2.05, 4.69) is 17.2 Å². The third-order valence-electron chi connectivity index (χ3n) is 4.51. The summed E-state index contributed by atoms with van der Waals surface area (Å²) < 4.78 is 0. The molecule has 0 aromatic heterocycles. The monoisotopic (exact) mass is 241 g/mol. The van der Waals surface area contributed by atoms with Crippen LogP contribution in [0.1, 0.15) is 39.5 Å². The number of hydrogen-bond acceptors (Lipinski definition) is 4. The molecule has 0 radical (unpaired) electrons. The predicted molar refractivity (Wildman–Crippen MR) is 64.8 cm³/mol. The van der Waals surface area contributed by atoms with E-state index >= 15 is 0 Å². The molecule has 0 aliphatic carbocycles. The third kappa shape index (κ3) is 2.32. The number of rotatable bonds is 3. The largest absolute Gasteiger partial charge is 0.393 e. The number of aliphatic hydroxyl groups excluding tert-OH is 1. The zero-order valence-corrected chi connectivity index (χ0v) is 10.6. The number of carbonyl (C=O) groups is 1. The van der Waals surface area contributed by atoms with Crippen molar-refractivity contribution in [3.05, 3.63) is 0 Å². The van der Waals surface area contributed by atoms with Gasteiger partial charge in [-0.05, 0) is 32.6 Å². The van der Waals surface area contributed by atoms with Gasteiger partial charge in [-0.3, -0.25) is 15.1 Å². The molecule has 4 N–H and O–H groups in total. The number of amides is 1. The number of fused-ring (bicyclic) bond motifs is 2. The highest BCUT2D eigenvalue weighted by Gasteiger charge is 2.44. The topological polar surface area (TPSA) is 78.6 Å². The van der Waals surface area contributed by atoms with E-state index in [0.29, 0.717) is 12.1 Å². The maximum Gasteiger partial charge on any atom is 0.238 e. The Labute approximate surface area is 102 Å². The fourth-order valence-electron chi connectivity index (χ4n) is 3.46. The zero-order chi connectivity index (χ0) is 12.6. The van der Waals surface area contributed by atoms with E-state index in [0.717, 1.165) is 25.7 Å². The number of hydrogen-bond donors (Lipinski definition) is 3. The summed E-state index contributed by atoms with van der Waals surface area (Å²) in [5.41, 5.74) is 2.23. The van der Waals surface area contributed by atoms with Crippen molar-refractivity contribution < 1.29 is 9.90 Å². The zero-order valence-electron chi connectivity index (χ0n) is 10.6. The van der Waals surface area contributed by atoms with Crippen LogP contribution in [0.15, 0.2) is 0 Å². The lowest BCUT2D eigenvalue weighted by Gasteiger charge is -2.42. The summed E-state index contributed by atoms with van der Waals surface area (Å²) in [5, 5.41) is 9.76. The van der Waals surface area contributed by atoms with Crippen molar-refractivity contribution in [3.63, 3.8) is 0 Å². The molecule has 0 saturated carbocycles. The van der Waals surface area contributed by atoms with Crippen LogP contribution in [0, 0.1) is 5.92 Å². The van der Waals surface area contributed by atoms with Gasteiger partial charge in [0.1, 0.15) is 0 Å². The van der Waals surface area contributed by atoms with Crippen LogP contribution >= 0.6 is 0 Å². The molecule has 2 saturated heterocycles. The maximum absolute atomic E-state index is 11.6. The van der Waals surface area contributed by atoms with Crippen molar-refractivity contribution in [1.29, 1.82) is 0 Å². The van der Waals surface area contributed by atoms with Gasteiger partial charge in [0.15, 0.2) is 0 Å². The van der Waals surface area contributed by atoms with E-state index in [-0.39, 0.29) is 24.0 Å². The van der Waals surface area contributed by atoms with Gasteiger partial charge in [0.2, 0.25) is 5.91 Å². The Morgan fingerprint density at radius 3 is 2.35 bits per heavy atom. The first-order chi connectivity index (χ1) is 8.04. The summed E-state index contributed by atoms with van der Waals surface area (Å²) in [6.45, 7) is 4.00. The minimum absolute atomic E-state index is 0.108. The highest BCUT2D eigenvalue weighted by molar-refractivity contribution is 5.78. The van der Waals surface area contributed by atoms with Crippen molar-refractivity contribution in [1.82, 2.24) is 10.3 Å². The smallest absolute Gasteiger partial charge is 0.238 e. The number of piperidine rings is 1. The number of carbonyl (C=O) groups excluding carboxylic acids is 1. The Kier molecular flexibility index (Phi) is 3.70. The van der Waals surface area contributed by atoms with Gasteiger partial charge >= 0.3 is 0 Å². The Morgan fingerprint density at radius 2 is 1.88 bits per heavy atom. The van der Waals surface area contributed by atoms with Crippen LogP contribution in [0.2, 0.25) is 0 Å². The van der Waals surface area contributed by atoms with Gasteiger partial charge in [0.25, 0.3) is 0 Å². The minimum Gasteiger partial charge on any atom is -0.393 e. The van der Waals surface area contributed by atoms with Crippen LogP contribution < -0.4 is 11.3 Å². The SMILES string of the molecule is CC(C(=O)NN)C(C)N1C2CCC1CC(O)C2. The Hall–Kier alpha value is -0.650. The molecule has 2 bridgehead atoms. The maximum atomic E-state index is 11.6. The van der Waals surface area contributed by atoms with Gasteiger partial charge in [-0.2, -0.15) is 0 Å². The van der Waals surface area contributed by atoms with Crippen LogP contribution in [0.25, 0.3) is 0 Å². The van der Waals surface area contributed by atoms with E-state index in [1.54, 1.807) is 0 Å². The Bertz CT molecular complexity index is 283. The highest BCUT2D eigenvalue weighted by atomic mass is 16.3. The van der Waals surface area contributed by atoms with Crippen LogP contribution in [-0.2, 0) is 4.79 Å². The fraction of sp³-hybridized carbons (Fsp3) is 0.917. The summed E-state index contributed by atoms with van der Waals surface area (Å²) >= 11 is 0. The standard InChI is InChI=1S/C12H23N3O2/c1-7(12(17)14-13)8(2)15-9-3-4-10(15)6-11(16)5-9/h7-11,16H,3-6,13H2,1-2H3,(H,14,17). The molecule has 0 aromatic carbocycles. The van der Waals surface area contributed by atoms with Crippen molar-refractivity contribution in [2.45, 2.75) is 63.8 Å². The summed E-state index contributed by atoms with van der Waals surface area (Å²) in [6, 6.07) is 1.06. The molecule has 98 valence electrons. The first-order valence-electron chi connectivity index (χ1n) is 6.50. The lowest BCUT2D eigenvalue weighted by molar-refractivity contribution is -0.127. The van der Waals surface area contributed by atoms with Crippen LogP contribution in [-0.4, -0.2) is 40.1 Å². The van der Waals surface area contributed by atoms with Crippen molar-refractivity contribution >= 4 is 5.91 Å². The van der Waals surface area contributed by atoms with Gasteiger partial charge in [0.05, 0.1) is 12.0 Å². The van der Waals surface area contributed by atoms with Crippen molar-refractivity contribution in [3.8, 4) is 0 Å². The quantitative estimate of drug-likeness (QED) is 0.369. The summed E-state index contributed by atoms with van der Waals surface area (Å²) in [6.07, 6.45) is 3.82. The number of aliphatic hydroxyl groups is 1. The normalized spacial score (nSPS) is 36.6. The van der Waals surface area contributed by atoms with E-state index < -0.39 is 0 Å². The molecule has 0 spiro atoms. The number of nitrogens with one attached hydrogen (secondary N) is 1. The average Bonchev–Trinajstić information content (AvgIpc) is 2.58. The molecule has 17 heavy (non-hydrogen) atoms. The molecular weight excluding hydrogens is 218 g/mol. The summed E-state index contributed by atoms with van der Waals surface area (Å²) in [4.78, 5) is 14.0. The lowest BCUT2D eigenvalue weighted by Crippen LogP contribution is -2.54. The van der Waals surface area contributed by atoms with E-state index in [9.17, 15) is 9.90 Å². The van der Waals surface area contributed by atoms with Gasteiger partial charge in [-0.15, -0.1) is 0 Å². The van der Waals surface area contributed by atoms with Crippen LogP contribution in [0.4, 0.5) is 0 Å².